The van der Waals surface area contributed by atoms with Crippen LogP contribution in [0.5, 0.6) is 0 Å². The summed E-state index contributed by atoms with van der Waals surface area (Å²) in [6, 6.07) is 10.4. The number of thiocarbonyl (C=S) groups is 1. The molecule has 1 aliphatic rings. The first kappa shape index (κ1) is 17.7. The second-order valence-electron chi connectivity index (χ2n) is 6.89. The van der Waals surface area contributed by atoms with Gasteiger partial charge in [0.1, 0.15) is 0 Å². The first-order chi connectivity index (χ1) is 10.8. The maximum atomic E-state index is 12.7. The summed E-state index contributed by atoms with van der Waals surface area (Å²) >= 11 is 5.47. The van der Waals surface area contributed by atoms with E-state index in [-0.39, 0.29) is 17.5 Å². The molecule has 1 fully saturated rings. The minimum Gasteiger partial charge on any atom is -0.358 e. The quantitative estimate of drug-likeness (QED) is 0.841. The molecule has 2 rings (SSSR count). The Kier molecular flexibility index (Phi) is 5.63. The highest BCUT2D eigenvalue weighted by Crippen LogP contribution is 2.22. The molecule has 1 amide bonds. The number of amides is 1. The van der Waals surface area contributed by atoms with Crippen molar-refractivity contribution in [3.05, 3.63) is 35.9 Å². The van der Waals surface area contributed by atoms with E-state index in [1.54, 1.807) is 0 Å². The lowest BCUT2D eigenvalue weighted by Crippen LogP contribution is -2.61. The molecular weight excluding hydrogens is 306 g/mol. The second kappa shape index (κ2) is 7.30. The van der Waals surface area contributed by atoms with Crippen molar-refractivity contribution >= 4 is 23.2 Å². The highest BCUT2D eigenvalue weighted by atomic mass is 32.1. The molecule has 0 aliphatic carbocycles. The first-order valence-electron chi connectivity index (χ1n) is 8.23. The zero-order valence-corrected chi connectivity index (χ0v) is 15.3. The van der Waals surface area contributed by atoms with Crippen molar-refractivity contribution < 1.29 is 4.79 Å². The van der Waals surface area contributed by atoms with Crippen LogP contribution in [0.2, 0.25) is 0 Å². The zero-order chi connectivity index (χ0) is 17.0. The molecule has 1 heterocycles. The van der Waals surface area contributed by atoms with Crippen molar-refractivity contribution in [2.45, 2.75) is 52.2 Å². The number of likely N-dealkylation sites (N-methyl/N-ethyl adjacent to an activating group) is 1. The van der Waals surface area contributed by atoms with Gasteiger partial charge in [0, 0.05) is 24.7 Å². The summed E-state index contributed by atoms with van der Waals surface area (Å²) in [6.45, 7) is 10.1. The maximum absolute atomic E-state index is 12.7. The average Bonchev–Trinajstić information content (AvgIpc) is 2.48. The third kappa shape index (κ3) is 4.67. The number of hydrogen-bond acceptors (Lipinski definition) is 2. The molecule has 1 aliphatic heterocycles. The largest absolute Gasteiger partial charge is 0.358 e. The van der Waals surface area contributed by atoms with Crippen LogP contribution in [0.1, 0.15) is 39.7 Å². The summed E-state index contributed by atoms with van der Waals surface area (Å²) in [5.74, 6) is 0.118. The van der Waals surface area contributed by atoms with E-state index < -0.39 is 0 Å². The molecule has 1 saturated heterocycles. The van der Waals surface area contributed by atoms with Gasteiger partial charge in [-0.3, -0.25) is 4.79 Å². The molecule has 1 atom stereocenters. The van der Waals surface area contributed by atoms with Gasteiger partial charge in [0.2, 0.25) is 5.91 Å². The third-order valence-corrected chi connectivity index (χ3v) is 4.64. The number of hydrogen-bond donors (Lipinski definition) is 1. The van der Waals surface area contributed by atoms with Crippen LogP contribution >= 0.6 is 12.2 Å². The molecule has 0 radical (unpaired) electrons. The van der Waals surface area contributed by atoms with Crippen molar-refractivity contribution in [3.8, 4) is 0 Å². The normalized spacial score (nSPS) is 20.1. The predicted octanol–water partition coefficient (Wildman–Crippen LogP) is 2.78. The van der Waals surface area contributed by atoms with Crippen LogP contribution in [-0.4, -0.2) is 45.5 Å². The average molecular weight is 334 g/mol. The highest BCUT2D eigenvalue weighted by molar-refractivity contribution is 7.80. The van der Waals surface area contributed by atoms with E-state index in [0.717, 1.165) is 12.0 Å². The van der Waals surface area contributed by atoms with Crippen molar-refractivity contribution in [1.29, 1.82) is 0 Å². The molecule has 126 valence electrons. The second-order valence-corrected chi connectivity index (χ2v) is 7.28. The molecule has 0 bridgehead atoms. The zero-order valence-electron chi connectivity index (χ0n) is 14.5. The summed E-state index contributed by atoms with van der Waals surface area (Å²) in [7, 11) is 0. The van der Waals surface area contributed by atoms with E-state index in [0.29, 0.717) is 24.7 Å². The Morgan fingerprint density at radius 2 is 2.04 bits per heavy atom. The number of nitrogens with one attached hydrogen (secondary N) is 1. The van der Waals surface area contributed by atoms with Gasteiger partial charge in [-0.15, -0.1) is 0 Å². The van der Waals surface area contributed by atoms with Crippen LogP contribution in [-0.2, 0) is 11.3 Å². The van der Waals surface area contributed by atoms with Gasteiger partial charge in [0.05, 0.1) is 6.54 Å². The van der Waals surface area contributed by atoms with Crippen molar-refractivity contribution in [2.24, 2.45) is 0 Å². The number of benzene rings is 1. The molecule has 1 N–H and O–H groups in total. The van der Waals surface area contributed by atoms with E-state index in [2.05, 4.69) is 26.1 Å². The molecule has 0 aromatic heterocycles. The fraction of sp³-hybridized carbons (Fsp3) is 0.556. The molecule has 5 heteroatoms. The number of carbonyl (C=O) groups excluding carboxylic acids is 1. The molecule has 4 nitrogen and oxygen atoms in total. The Balaban J connectivity index is 2.00. The predicted molar refractivity (Wildman–Crippen MR) is 98.1 cm³/mol. The minimum atomic E-state index is -0.00940. The lowest BCUT2D eigenvalue weighted by atomic mass is 9.93. The molecule has 1 unspecified atom stereocenters. The number of rotatable bonds is 5. The summed E-state index contributed by atoms with van der Waals surface area (Å²) in [5.41, 5.74) is 1.14. The number of carbonyl (C=O) groups is 1. The molecular formula is C18H27N3OS. The van der Waals surface area contributed by atoms with Crippen molar-refractivity contribution in [3.63, 3.8) is 0 Å². The lowest BCUT2D eigenvalue weighted by molar-refractivity contribution is -0.132. The van der Waals surface area contributed by atoms with E-state index in [1.165, 1.54) is 0 Å². The van der Waals surface area contributed by atoms with Gasteiger partial charge in [0.15, 0.2) is 5.11 Å². The molecule has 0 spiro atoms. The fourth-order valence-corrected chi connectivity index (χ4v) is 3.64. The molecule has 23 heavy (non-hydrogen) atoms. The Labute approximate surface area is 144 Å². The highest BCUT2D eigenvalue weighted by Gasteiger charge is 2.34. The minimum absolute atomic E-state index is 0.00940. The van der Waals surface area contributed by atoms with Crippen LogP contribution < -0.4 is 5.32 Å². The van der Waals surface area contributed by atoms with Crippen molar-refractivity contribution in [2.75, 3.05) is 13.1 Å². The van der Waals surface area contributed by atoms with Crippen LogP contribution in [0.25, 0.3) is 0 Å². The van der Waals surface area contributed by atoms with E-state index in [4.69, 9.17) is 12.2 Å². The Bertz CT molecular complexity index is 559. The van der Waals surface area contributed by atoms with Gasteiger partial charge in [0.25, 0.3) is 0 Å². The molecule has 1 aromatic carbocycles. The van der Waals surface area contributed by atoms with Gasteiger partial charge in [-0.05, 0) is 51.9 Å². The molecule has 0 saturated carbocycles. The SMILES string of the molecule is CCN(Cc1ccccc1)C(=O)CN1C(=S)NC(C)(C)CC1C. The van der Waals surface area contributed by atoms with E-state index in [1.807, 2.05) is 47.1 Å². The third-order valence-electron chi connectivity index (χ3n) is 4.30. The van der Waals surface area contributed by atoms with Gasteiger partial charge in [-0.25, -0.2) is 0 Å². The van der Waals surface area contributed by atoms with Gasteiger partial charge >= 0.3 is 0 Å². The van der Waals surface area contributed by atoms with Crippen LogP contribution in [0.3, 0.4) is 0 Å². The Hall–Kier alpha value is -1.62. The monoisotopic (exact) mass is 333 g/mol. The first-order valence-corrected chi connectivity index (χ1v) is 8.63. The maximum Gasteiger partial charge on any atom is 0.242 e. The van der Waals surface area contributed by atoms with Gasteiger partial charge in [-0.2, -0.15) is 0 Å². The summed E-state index contributed by atoms with van der Waals surface area (Å²) in [5, 5.41) is 4.01. The van der Waals surface area contributed by atoms with Crippen LogP contribution in [0.15, 0.2) is 30.3 Å². The summed E-state index contributed by atoms with van der Waals surface area (Å²) in [4.78, 5) is 16.6. The van der Waals surface area contributed by atoms with E-state index in [9.17, 15) is 4.79 Å². The van der Waals surface area contributed by atoms with E-state index >= 15 is 0 Å². The topological polar surface area (TPSA) is 35.6 Å². The lowest BCUT2D eigenvalue weighted by Gasteiger charge is -2.44. The smallest absolute Gasteiger partial charge is 0.242 e. The number of nitrogens with zero attached hydrogens (tertiary/aromatic N) is 2. The fourth-order valence-electron chi connectivity index (χ4n) is 3.11. The van der Waals surface area contributed by atoms with Gasteiger partial charge in [-0.1, -0.05) is 30.3 Å². The Morgan fingerprint density at radius 1 is 1.39 bits per heavy atom. The van der Waals surface area contributed by atoms with Gasteiger partial charge < -0.3 is 15.1 Å². The Morgan fingerprint density at radius 3 is 2.61 bits per heavy atom. The standard InChI is InChI=1S/C18H27N3OS/c1-5-20(12-15-9-7-6-8-10-15)16(22)13-21-14(2)11-18(3,4)19-17(21)23/h6-10,14H,5,11-13H2,1-4H3,(H,19,23). The summed E-state index contributed by atoms with van der Waals surface area (Å²) in [6.07, 6.45) is 0.964. The molecule has 1 aromatic rings. The van der Waals surface area contributed by atoms with Crippen molar-refractivity contribution in [1.82, 2.24) is 15.1 Å². The summed E-state index contributed by atoms with van der Waals surface area (Å²) < 4.78 is 0. The van der Waals surface area contributed by atoms with Crippen LogP contribution in [0, 0.1) is 0 Å². The van der Waals surface area contributed by atoms with Crippen LogP contribution in [0.4, 0.5) is 0 Å².